The second-order valence-electron chi connectivity index (χ2n) is 7.50. The van der Waals surface area contributed by atoms with Crippen LogP contribution in [0.4, 0.5) is 0 Å². The molecule has 2 heterocycles. The number of aryl methyl sites for hydroxylation is 1. The highest BCUT2D eigenvalue weighted by molar-refractivity contribution is 5.81. The van der Waals surface area contributed by atoms with Crippen molar-refractivity contribution in [3.63, 3.8) is 0 Å². The van der Waals surface area contributed by atoms with E-state index < -0.39 is 0 Å². The summed E-state index contributed by atoms with van der Waals surface area (Å²) in [6, 6.07) is 0. The Morgan fingerprint density at radius 3 is 2.52 bits per heavy atom. The molecule has 0 N–H and O–H groups in total. The van der Waals surface area contributed by atoms with E-state index in [-0.39, 0.29) is 11.3 Å². The van der Waals surface area contributed by atoms with Gasteiger partial charge in [0.2, 0.25) is 5.91 Å². The Hall–Kier alpha value is -1.32. The van der Waals surface area contributed by atoms with Crippen LogP contribution < -0.4 is 0 Å². The van der Waals surface area contributed by atoms with Crippen molar-refractivity contribution in [3.05, 3.63) is 17.0 Å². The summed E-state index contributed by atoms with van der Waals surface area (Å²) < 4.78 is 5.67. The number of rotatable bonds is 1. The lowest BCUT2D eigenvalue weighted by atomic mass is 9.86. The van der Waals surface area contributed by atoms with E-state index in [1.54, 1.807) is 0 Å². The Morgan fingerprint density at radius 2 is 1.86 bits per heavy atom. The number of amides is 1. The molecule has 2 aliphatic rings. The highest BCUT2D eigenvalue weighted by Crippen LogP contribution is 2.35. The van der Waals surface area contributed by atoms with Crippen molar-refractivity contribution in [3.8, 4) is 0 Å². The number of hydrogen-bond donors (Lipinski definition) is 0. The largest absolute Gasteiger partial charge is 0.361 e. The zero-order valence-corrected chi connectivity index (χ0v) is 13.4. The second kappa shape index (κ2) is 5.47. The van der Waals surface area contributed by atoms with Crippen LogP contribution in [0.5, 0.6) is 0 Å². The molecule has 116 valence electrons. The predicted molar refractivity (Wildman–Crippen MR) is 81.2 cm³/mol. The number of aromatic nitrogens is 1. The molecule has 0 radical (unpaired) electrons. The fourth-order valence-electron chi connectivity index (χ4n) is 3.55. The lowest BCUT2D eigenvalue weighted by Gasteiger charge is -2.35. The molecule has 0 saturated carbocycles. The third-order valence-corrected chi connectivity index (χ3v) is 4.78. The van der Waals surface area contributed by atoms with Gasteiger partial charge in [0.1, 0.15) is 5.76 Å². The van der Waals surface area contributed by atoms with E-state index in [1.807, 2.05) is 25.7 Å². The molecule has 1 saturated heterocycles. The first-order valence-corrected chi connectivity index (χ1v) is 8.23. The quantitative estimate of drug-likeness (QED) is 0.797. The molecule has 0 bridgehead atoms. The summed E-state index contributed by atoms with van der Waals surface area (Å²) in [6.07, 6.45) is 6.68. The fraction of sp³-hybridized carbons (Fsp3) is 0.765. The minimum absolute atomic E-state index is 0.264. The summed E-state index contributed by atoms with van der Waals surface area (Å²) in [7, 11) is 0. The van der Waals surface area contributed by atoms with Crippen LogP contribution in [0.15, 0.2) is 4.52 Å². The van der Waals surface area contributed by atoms with Gasteiger partial charge in [-0.25, -0.2) is 0 Å². The van der Waals surface area contributed by atoms with E-state index in [0.29, 0.717) is 5.92 Å². The first kappa shape index (κ1) is 14.6. The third kappa shape index (κ3) is 2.85. The molecule has 0 aromatic carbocycles. The summed E-state index contributed by atoms with van der Waals surface area (Å²) in [5.41, 5.74) is 2.28. The maximum Gasteiger partial charge on any atom is 0.227 e. The van der Waals surface area contributed by atoms with Crippen molar-refractivity contribution in [1.82, 2.24) is 10.1 Å². The van der Waals surface area contributed by atoms with Crippen molar-refractivity contribution < 1.29 is 9.32 Å². The monoisotopic (exact) mass is 290 g/mol. The van der Waals surface area contributed by atoms with Crippen LogP contribution in [0.1, 0.15) is 69.4 Å². The van der Waals surface area contributed by atoms with Crippen LogP contribution in [-0.4, -0.2) is 29.1 Å². The van der Waals surface area contributed by atoms with Gasteiger partial charge in [-0.1, -0.05) is 25.9 Å². The van der Waals surface area contributed by atoms with Gasteiger partial charge in [0.25, 0.3) is 0 Å². The molecule has 0 unspecified atom stereocenters. The molecule has 1 fully saturated rings. The molecule has 3 rings (SSSR count). The first-order valence-electron chi connectivity index (χ1n) is 8.23. The summed E-state index contributed by atoms with van der Waals surface area (Å²) in [5.74, 6) is 1.83. The Bertz CT molecular complexity index is 519. The average molecular weight is 290 g/mol. The van der Waals surface area contributed by atoms with Gasteiger partial charge < -0.3 is 9.42 Å². The minimum atomic E-state index is -0.280. The number of fused-ring (bicyclic) bond motifs is 1. The smallest absolute Gasteiger partial charge is 0.227 e. The Labute approximate surface area is 126 Å². The van der Waals surface area contributed by atoms with Gasteiger partial charge in [-0.15, -0.1) is 0 Å². The number of carbonyl (C=O) groups is 1. The topological polar surface area (TPSA) is 46.3 Å². The summed E-state index contributed by atoms with van der Waals surface area (Å²) in [5, 5.41) is 4.27. The number of nitrogens with zero attached hydrogens (tertiary/aromatic N) is 2. The summed E-state index contributed by atoms with van der Waals surface area (Å²) in [6.45, 7) is 7.67. The minimum Gasteiger partial charge on any atom is -0.361 e. The molecule has 1 aliphatic carbocycles. The molecule has 1 aromatic heterocycles. The average Bonchev–Trinajstić information content (AvgIpc) is 2.90. The van der Waals surface area contributed by atoms with Crippen molar-refractivity contribution >= 4 is 5.91 Å². The zero-order chi connectivity index (χ0) is 15.0. The standard InChI is InChI=1S/C17H26N2O2/c1-17(2,3)16(20)19-10-8-12(9-11-19)15-13-6-4-5-7-14(13)18-21-15/h12H,4-11H2,1-3H3. The van der Waals surface area contributed by atoms with Gasteiger partial charge in [-0.2, -0.15) is 0 Å². The Balaban J connectivity index is 1.66. The van der Waals surface area contributed by atoms with Gasteiger partial charge in [0, 0.05) is 30.0 Å². The zero-order valence-electron chi connectivity index (χ0n) is 13.4. The Kier molecular flexibility index (Phi) is 3.80. The highest BCUT2D eigenvalue weighted by Gasteiger charge is 2.33. The van der Waals surface area contributed by atoms with E-state index in [0.717, 1.165) is 44.5 Å². The molecule has 1 amide bonds. The highest BCUT2D eigenvalue weighted by atomic mass is 16.5. The van der Waals surface area contributed by atoms with E-state index in [2.05, 4.69) is 5.16 Å². The Morgan fingerprint density at radius 1 is 1.19 bits per heavy atom. The molecule has 0 atom stereocenters. The van der Waals surface area contributed by atoms with E-state index in [4.69, 9.17) is 4.52 Å². The molecule has 1 aliphatic heterocycles. The van der Waals surface area contributed by atoms with Crippen LogP contribution in [0.3, 0.4) is 0 Å². The maximum atomic E-state index is 12.3. The van der Waals surface area contributed by atoms with Crippen molar-refractivity contribution in [2.24, 2.45) is 5.41 Å². The molecule has 21 heavy (non-hydrogen) atoms. The van der Waals surface area contributed by atoms with Crippen molar-refractivity contribution in [1.29, 1.82) is 0 Å². The van der Waals surface area contributed by atoms with Crippen molar-refractivity contribution in [2.45, 2.75) is 65.2 Å². The van der Waals surface area contributed by atoms with Gasteiger partial charge >= 0.3 is 0 Å². The van der Waals surface area contributed by atoms with E-state index in [9.17, 15) is 4.79 Å². The number of carbonyl (C=O) groups excluding carboxylic acids is 1. The number of likely N-dealkylation sites (tertiary alicyclic amines) is 1. The molecular weight excluding hydrogens is 264 g/mol. The lowest BCUT2D eigenvalue weighted by molar-refractivity contribution is -0.140. The molecule has 4 nitrogen and oxygen atoms in total. The third-order valence-electron chi connectivity index (χ3n) is 4.78. The van der Waals surface area contributed by atoms with Crippen LogP contribution in [0.25, 0.3) is 0 Å². The van der Waals surface area contributed by atoms with Gasteiger partial charge in [-0.3, -0.25) is 4.79 Å². The van der Waals surface area contributed by atoms with Gasteiger partial charge in [0.05, 0.1) is 5.69 Å². The first-order chi connectivity index (χ1) is 9.97. The summed E-state index contributed by atoms with van der Waals surface area (Å²) >= 11 is 0. The lowest BCUT2D eigenvalue weighted by Crippen LogP contribution is -2.43. The normalized spacial score (nSPS) is 20.4. The van der Waals surface area contributed by atoms with Crippen LogP contribution >= 0.6 is 0 Å². The van der Waals surface area contributed by atoms with E-state index >= 15 is 0 Å². The van der Waals surface area contributed by atoms with Crippen molar-refractivity contribution in [2.75, 3.05) is 13.1 Å². The molecule has 4 heteroatoms. The van der Waals surface area contributed by atoms with E-state index in [1.165, 1.54) is 24.1 Å². The van der Waals surface area contributed by atoms with Crippen LogP contribution in [-0.2, 0) is 17.6 Å². The van der Waals surface area contributed by atoms with Crippen LogP contribution in [0, 0.1) is 5.41 Å². The summed E-state index contributed by atoms with van der Waals surface area (Å²) in [4.78, 5) is 14.3. The van der Waals surface area contributed by atoms with Gasteiger partial charge in [0.15, 0.2) is 0 Å². The number of hydrogen-bond acceptors (Lipinski definition) is 3. The molecular formula is C17H26N2O2. The molecule has 0 spiro atoms. The van der Waals surface area contributed by atoms with Crippen LogP contribution in [0.2, 0.25) is 0 Å². The van der Waals surface area contributed by atoms with Gasteiger partial charge in [-0.05, 0) is 38.5 Å². The second-order valence-corrected chi connectivity index (χ2v) is 7.50. The SMILES string of the molecule is CC(C)(C)C(=O)N1CCC(c2onc3c2CCCC3)CC1. The predicted octanol–water partition coefficient (Wildman–Crippen LogP) is 3.31. The fourth-order valence-corrected chi connectivity index (χ4v) is 3.55. The molecule has 1 aromatic rings. The number of piperidine rings is 1. The maximum absolute atomic E-state index is 12.3.